The first-order valence-electron chi connectivity index (χ1n) is 8.84. The quantitative estimate of drug-likeness (QED) is 0.802. The van der Waals surface area contributed by atoms with Gasteiger partial charge in [0.15, 0.2) is 6.61 Å². The van der Waals surface area contributed by atoms with Crippen molar-refractivity contribution in [1.82, 2.24) is 5.32 Å². The van der Waals surface area contributed by atoms with Crippen LogP contribution in [0.1, 0.15) is 69.0 Å². The molecular weight excluding hydrogens is 306 g/mol. The fourth-order valence-corrected chi connectivity index (χ4v) is 3.38. The van der Waals surface area contributed by atoms with Gasteiger partial charge in [0.1, 0.15) is 11.3 Å². The predicted molar refractivity (Wildman–Crippen MR) is 91.7 cm³/mol. The van der Waals surface area contributed by atoms with E-state index in [4.69, 9.17) is 9.15 Å². The van der Waals surface area contributed by atoms with E-state index in [1.54, 1.807) is 13.0 Å². The Morgan fingerprint density at radius 2 is 1.96 bits per heavy atom. The molecule has 0 atom stereocenters. The molecule has 0 aromatic carbocycles. The number of carbonyl (C=O) groups is 2. The van der Waals surface area contributed by atoms with Crippen molar-refractivity contribution in [2.45, 2.75) is 65.8 Å². The van der Waals surface area contributed by atoms with E-state index >= 15 is 0 Å². The van der Waals surface area contributed by atoms with Crippen LogP contribution in [0.3, 0.4) is 0 Å². The highest BCUT2D eigenvalue weighted by Gasteiger charge is 2.32. The van der Waals surface area contributed by atoms with Crippen LogP contribution >= 0.6 is 0 Å². The summed E-state index contributed by atoms with van der Waals surface area (Å²) < 4.78 is 10.1. The van der Waals surface area contributed by atoms with E-state index in [1.807, 2.05) is 0 Å². The van der Waals surface area contributed by atoms with Gasteiger partial charge in [-0.1, -0.05) is 27.2 Å². The zero-order valence-electron chi connectivity index (χ0n) is 15.2. The molecule has 1 aromatic heterocycles. The number of hydrogen-bond donors (Lipinski definition) is 1. The third-order valence-corrected chi connectivity index (χ3v) is 5.52. The molecule has 1 fully saturated rings. The number of rotatable bonds is 6. The first kappa shape index (κ1) is 18.6. The van der Waals surface area contributed by atoms with E-state index in [-0.39, 0.29) is 18.6 Å². The summed E-state index contributed by atoms with van der Waals surface area (Å²) in [5, 5.41) is 2.98. The largest absolute Gasteiger partial charge is 0.469 e. The molecule has 1 N–H and O–H groups in total. The van der Waals surface area contributed by atoms with Crippen molar-refractivity contribution in [3.05, 3.63) is 23.7 Å². The molecule has 5 nitrogen and oxygen atoms in total. The van der Waals surface area contributed by atoms with E-state index in [0.29, 0.717) is 16.7 Å². The van der Waals surface area contributed by atoms with E-state index in [2.05, 4.69) is 26.1 Å². The molecule has 1 aliphatic carbocycles. The summed E-state index contributed by atoms with van der Waals surface area (Å²) in [5.74, 6) is 0.460. The first-order chi connectivity index (χ1) is 11.3. The summed E-state index contributed by atoms with van der Waals surface area (Å²) in [5.41, 5.74) is 0.734. The van der Waals surface area contributed by atoms with Gasteiger partial charge in [0.2, 0.25) is 0 Å². The number of hydrogen-bond acceptors (Lipinski definition) is 4. The molecule has 0 unspecified atom stereocenters. The fourth-order valence-electron chi connectivity index (χ4n) is 3.38. The van der Waals surface area contributed by atoms with Gasteiger partial charge in [0, 0.05) is 6.04 Å². The van der Waals surface area contributed by atoms with Gasteiger partial charge in [-0.2, -0.15) is 0 Å². The Balaban J connectivity index is 1.72. The molecule has 1 saturated carbocycles. The number of aryl methyl sites for hydroxylation is 1. The Morgan fingerprint density at radius 1 is 1.29 bits per heavy atom. The van der Waals surface area contributed by atoms with E-state index in [0.717, 1.165) is 31.6 Å². The summed E-state index contributed by atoms with van der Waals surface area (Å²) in [6, 6.07) is 1.74. The first-order valence-corrected chi connectivity index (χ1v) is 8.84. The maximum atomic E-state index is 12.0. The Labute approximate surface area is 144 Å². The molecule has 0 radical (unpaired) electrons. The molecule has 0 aliphatic heterocycles. The highest BCUT2D eigenvalue weighted by molar-refractivity contribution is 5.92. The van der Waals surface area contributed by atoms with Gasteiger partial charge >= 0.3 is 5.97 Å². The van der Waals surface area contributed by atoms with Gasteiger partial charge in [-0.25, -0.2) is 4.79 Å². The van der Waals surface area contributed by atoms with Crippen molar-refractivity contribution in [3.8, 4) is 0 Å². The lowest BCUT2D eigenvalue weighted by Crippen LogP contribution is -2.41. The Kier molecular flexibility index (Phi) is 6.08. The lowest BCUT2D eigenvalue weighted by molar-refractivity contribution is -0.125. The molecule has 0 saturated heterocycles. The molecule has 1 aliphatic rings. The summed E-state index contributed by atoms with van der Waals surface area (Å²) in [6.07, 6.45) is 6.88. The smallest absolute Gasteiger partial charge is 0.342 e. The van der Waals surface area contributed by atoms with Gasteiger partial charge in [0.05, 0.1) is 6.26 Å². The van der Waals surface area contributed by atoms with Gasteiger partial charge < -0.3 is 14.5 Å². The topological polar surface area (TPSA) is 68.5 Å². The molecule has 0 bridgehead atoms. The summed E-state index contributed by atoms with van der Waals surface area (Å²) in [4.78, 5) is 23.8. The molecule has 1 heterocycles. The van der Waals surface area contributed by atoms with E-state index in [1.165, 1.54) is 12.7 Å². The highest BCUT2D eigenvalue weighted by Crippen LogP contribution is 2.40. The highest BCUT2D eigenvalue weighted by atomic mass is 16.5. The molecular formula is C19H29NO4. The van der Waals surface area contributed by atoms with Gasteiger partial charge in [-0.3, -0.25) is 4.79 Å². The van der Waals surface area contributed by atoms with E-state index in [9.17, 15) is 9.59 Å². The van der Waals surface area contributed by atoms with Crippen LogP contribution < -0.4 is 5.32 Å². The lowest BCUT2D eigenvalue weighted by atomic mass is 9.69. The number of amides is 1. The number of carbonyl (C=O) groups excluding carboxylic acids is 2. The molecule has 134 valence electrons. The molecule has 5 heteroatoms. The molecule has 2 rings (SSSR count). The van der Waals surface area contributed by atoms with Gasteiger partial charge in [-0.05, 0) is 50.0 Å². The molecule has 1 aromatic rings. The van der Waals surface area contributed by atoms with Crippen LogP contribution in [0.15, 0.2) is 16.7 Å². The zero-order chi connectivity index (χ0) is 17.7. The van der Waals surface area contributed by atoms with Crippen molar-refractivity contribution in [2.24, 2.45) is 11.3 Å². The maximum Gasteiger partial charge on any atom is 0.342 e. The van der Waals surface area contributed by atoms with Gasteiger partial charge in [-0.15, -0.1) is 0 Å². The van der Waals surface area contributed by atoms with Crippen LogP contribution in [0.25, 0.3) is 0 Å². The summed E-state index contributed by atoms with van der Waals surface area (Å²) in [7, 11) is 0. The fraction of sp³-hybridized carbons (Fsp3) is 0.684. The van der Waals surface area contributed by atoms with Crippen molar-refractivity contribution < 1.29 is 18.7 Å². The third kappa shape index (κ3) is 4.62. The second-order valence-corrected chi connectivity index (χ2v) is 7.42. The Bertz CT molecular complexity index is 568. The second-order valence-electron chi connectivity index (χ2n) is 7.42. The van der Waals surface area contributed by atoms with Crippen LogP contribution in [0, 0.1) is 18.3 Å². The van der Waals surface area contributed by atoms with Crippen molar-refractivity contribution in [2.75, 3.05) is 6.61 Å². The average molecular weight is 335 g/mol. The standard InChI is InChI=1S/C19H29NO4/c1-5-19(3,4)14-6-8-15(9-7-14)20-17(21)12-24-18(22)16-10-11-23-13(16)2/h10-11,14-15H,5-9,12H2,1-4H3,(H,20,21). The van der Waals surface area contributed by atoms with Crippen LogP contribution in [0.4, 0.5) is 0 Å². The maximum absolute atomic E-state index is 12.0. The minimum atomic E-state index is -0.523. The number of furan rings is 1. The van der Waals surface area contributed by atoms with Crippen molar-refractivity contribution in [1.29, 1.82) is 0 Å². The third-order valence-electron chi connectivity index (χ3n) is 5.52. The minimum Gasteiger partial charge on any atom is -0.469 e. The molecule has 1 amide bonds. The number of esters is 1. The normalized spacial score (nSPS) is 21.3. The Morgan fingerprint density at radius 3 is 2.50 bits per heavy atom. The minimum absolute atomic E-state index is 0.191. The monoisotopic (exact) mass is 335 g/mol. The number of ether oxygens (including phenoxy) is 1. The van der Waals surface area contributed by atoms with Crippen LogP contribution in [0.2, 0.25) is 0 Å². The molecule has 24 heavy (non-hydrogen) atoms. The van der Waals surface area contributed by atoms with E-state index < -0.39 is 5.97 Å². The molecule has 0 spiro atoms. The predicted octanol–water partition coefficient (Wildman–Crippen LogP) is 3.86. The summed E-state index contributed by atoms with van der Waals surface area (Å²) in [6.45, 7) is 8.34. The van der Waals surface area contributed by atoms with Crippen LogP contribution in [-0.4, -0.2) is 24.5 Å². The lowest BCUT2D eigenvalue weighted by Gasteiger charge is -2.39. The second kappa shape index (κ2) is 7.86. The van der Waals surface area contributed by atoms with Crippen molar-refractivity contribution >= 4 is 11.9 Å². The van der Waals surface area contributed by atoms with Crippen LogP contribution in [-0.2, 0) is 9.53 Å². The Hall–Kier alpha value is -1.78. The van der Waals surface area contributed by atoms with Crippen molar-refractivity contribution in [3.63, 3.8) is 0 Å². The van der Waals surface area contributed by atoms with Gasteiger partial charge in [0.25, 0.3) is 5.91 Å². The number of nitrogens with one attached hydrogen (secondary N) is 1. The average Bonchev–Trinajstić information content (AvgIpc) is 2.99. The summed E-state index contributed by atoms with van der Waals surface area (Å²) >= 11 is 0. The SMILES string of the molecule is CCC(C)(C)C1CCC(NC(=O)COC(=O)c2ccoc2C)CC1. The van der Waals surface area contributed by atoms with Crippen LogP contribution in [0.5, 0.6) is 0 Å². The zero-order valence-corrected chi connectivity index (χ0v) is 15.2.